The van der Waals surface area contributed by atoms with E-state index in [1.165, 1.54) is 5.39 Å². The fourth-order valence-corrected chi connectivity index (χ4v) is 19.5. The van der Waals surface area contributed by atoms with Crippen LogP contribution in [-0.4, -0.2) is 44.7 Å². The second kappa shape index (κ2) is 14.4. The van der Waals surface area contributed by atoms with E-state index >= 15 is 0 Å². The first-order chi connectivity index (χ1) is 14.5. The Morgan fingerprint density at radius 2 is 1.09 bits per heavy atom. The van der Waals surface area contributed by atoms with Gasteiger partial charge in [-0.05, 0) is 26.2 Å². The van der Waals surface area contributed by atoms with Crippen LogP contribution in [0.15, 0.2) is 35.3 Å². The molecular weight excluding hydrogens is 631 g/mol. The van der Waals surface area contributed by atoms with Crippen LogP contribution in [0.3, 0.4) is 0 Å². The summed E-state index contributed by atoms with van der Waals surface area (Å²) >= 11 is 0. The molecule has 34 heavy (non-hydrogen) atoms. The first kappa shape index (κ1) is 36.6. The Balaban J connectivity index is 0. The van der Waals surface area contributed by atoms with Gasteiger partial charge in [0.15, 0.2) is 0 Å². The van der Waals surface area contributed by atoms with Crippen LogP contribution >= 0.6 is 0 Å². The Hall–Kier alpha value is 0.490. The van der Waals surface area contributed by atoms with E-state index in [1.807, 2.05) is 24.4 Å². The molecule has 0 aliphatic carbocycles. The van der Waals surface area contributed by atoms with Gasteiger partial charge >= 0.3 is 38.2 Å². The van der Waals surface area contributed by atoms with E-state index in [4.69, 9.17) is 9.30 Å². The van der Waals surface area contributed by atoms with Gasteiger partial charge in [-0.1, -0.05) is 142 Å². The Kier molecular flexibility index (Phi) is 15.6. The van der Waals surface area contributed by atoms with E-state index in [2.05, 4.69) is 121 Å². The molecule has 1 aromatic carbocycles. The van der Waals surface area contributed by atoms with Crippen molar-refractivity contribution in [2.24, 2.45) is 4.99 Å². The van der Waals surface area contributed by atoms with E-state index in [0.717, 1.165) is 11.2 Å². The molecule has 197 valence electrons. The standard InChI is InChI=1S/C13H15N2.2C6H18NSi2.Dy/c1-13(2,3)14-9-11-8-10-6-4-5-7-12(10)15-11;2*1-8(2,3)7-9(4,5)6;/h4-9H,1-3H3;2*1-6H3;/q3*-1;+3. The van der Waals surface area contributed by atoms with Crippen LogP contribution in [0.1, 0.15) is 26.5 Å². The van der Waals surface area contributed by atoms with E-state index < -0.39 is 32.9 Å². The van der Waals surface area contributed by atoms with Crippen molar-refractivity contribution in [2.75, 3.05) is 0 Å². The molecule has 1 aromatic heterocycles. The smallest absolute Gasteiger partial charge is 0.668 e. The molecule has 0 unspecified atom stereocenters. The maximum atomic E-state index is 4.82. The molecule has 0 fully saturated rings. The minimum Gasteiger partial charge on any atom is -0.668 e. The molecule has 0 amide bonds. The van der Waals surface area contributed by atoms with Crippen LogP contribution in [0, 0.1) is 38.2 Å². The molecule has 0 bridgehead atoms. The molecule has 1 radical (unpaired) electrons. The third kappa shape index (κ3) is 22.9. The number of aromatic nitrogens is 1. The van der Waals surface area contributed by atoms with Crippen molar-refractivity contribution in [1.29, 1.82) is 0 Å². The molecule has 9 heteroatoms. The van der Waals surface area contributed by atoms with Gasteiger partial charge in [-0.3, -0.25) is 4.99 Å². The van der Waals surface area contributed by atoms with Gasteiger partial charge in [-0.2, -0.15) is 0 Å². The first-order valence-electron chi connectivity index (χ1n) is 12.0. The molecule has 1 heterocycles. The quantitative estimate of drug-likeness (QED) is 0.229. The van der Waals surface area contributed by atoms with Crippen LogP contribution in [0.5, 0.6) is 0 Å². The van der Waals surface area contributed by atoms with Gasteiger partial charge in [0, 0.05) is 6.21 Å². The SMILES string of the molecule is CC(C)(C)N=Cc1cc2ccccc2[n-]1.C[Si](C)(C)[N-][Si](C)(C)C.C[Si](C)(C)[N-][Si](C)(C)C.[Dy+3]. The van der Waals surface area contributed by atoms with Crippen LogP contribution < -0.4 is 4.98 Å². The van der Waals surface area contributed by atoms with Crippen molar-refractivity contribution >= 4 is 50.1 Å². The minimum atomic E-state index is -1.11. The maximum Gasteiger partial charge on any atom is 3.00 e. The zero-order valence-electron chi connectivity index (χ0n) is 24.6. The number of hydrogen-bond acceptors (Lipinski definition) is 1. The summed E-state index contributed by atoms with van der Waals surface area (Å²) in [5, 5.41) is 1.17. The Labute approximate surface area is 246 Å². The number of hydrogen-bond donors (Lipinski definition) is 0. The van der Waals surface area contributed by atoms with Crippen LogP contribution in [-0.2, 0) is 0 Å². The van der Waals surface area contributed by atoms with E-state index in [1.54, 1.807) is 0 Å². The molecule has 0 N–H and O–H groups in total. The van der Waals surface area contributed by atoms with Crippen molar-refractivity contribution in [3.8, 4) is 0 Å². The van der Waals surface area contributed by atoms with Gasteiger partial charge in [-0.25, -0.2) is 0 Å². The summed E-state index contributed by atoms with van der Waals surface area (Å²) in [6.07, 6.45) is 1.85. The van der Waals surface area contributed by atoms with Gasteiger partial charge < -0.3 is 14.3 Å². The summed E-state index contributed by atoms with van der Waals surface area (Å²) in [6, 6.07) is 10.2. The van der Waals surface area contributed by atoms with E-state index in [9.17, 15) is 0 Å². The van der Waals surface area contributed by atoms with Gasteiger partial charge in [0.05, 0.1) is 5.54 Å². The van der Waals surface area contributed by atoms with Crippen LogP contribution in [0.25, 0.3) is 20.2 Å². The Morgan fingerprint density at radius 1 is 0.706 bits per heavy atom. The predicted octanol–water partition coefficient (Wildman–Crippen LogP) is 9.07. The molecule has 0 saturated heterocycles. The monoisotopic (exact) mass is 683 g/mol. The molecule has 4 nitrogen and oxygen atoms in total. The van der Waals surface area contributed by atoms with Gasteiger partial charge in [-0.15, -0.1) is 11.2 Å². The van der Waals surface area contributed by atoms with Gasteiger partial charge in [0.1, 0.15) is 0 Å². The number of nitrogens with zero attached hydrogens (tertiary/aromatic N) is 4. The fraction of sp³-hybridized carbons (Fsp3) is 0.640. The van der Waals surface area contributed by atoms with Crippen molar-refractivity contribution in [1.82, 2.24) is 4.98 Å². The second-order valence-corrected chi connectivity index (χ2v) is 32.7. The first-order valence-corrected chi connectivity index (χ1v) is 25.8. The number of para-hydroxylation sites is 1. The molecule has 0 spiro atoms. The maximum absolute atomic E-state index is 4.82. The summed E-state index contributed by atoms with van der Waals surface area (Å²) in [6.45, 7) is 33.8. The summed E-state index contributed by atoms with van der Waals surface area (Å²) in [5.74, 6) is 0. The molecule has 0 atom stereocenters. The van der Waals surface area contributed by atoms with Crippen LogP contribution in [0.2, 0.25) is 78.6 Å². The number of benzene rings is 1. The third-order valence-electron chi connectivity index (χ3n) is 3.42. The molecule has 2 aromatic rings. The summed E-state index contributed by atoms with van der Waals surface area (Å²) in [5.41, 5.74) is 1.93. The zero-order chi connectivity index (χ0) is 26.3. The largest absolute Gasteiger partial charge is 3.00 e. The van der Waals surface area contributed by atoms with Crippen molar-refractivity contribution < 1.29 is 38.2 Å². The van der Waals surface area contributed by atoms with Gasteiger partial charge in [0.25, 0.3) is 0 Å². The fourth-order valence-electron chi connectivity index (χ4n) is 3.38. The summed E-state index contributed by atoms with van der Waals surface area (Å²) in [7, 11) is -4.42. The average Bonchev–Trinajstić information content (AvgIpc) is 2.89. The summed E-state index contributed by atoms with van der Waals surface area (Å²) in [4.78, 5) is 8.90. The van der Waals surface area contributed by atoms with Crippen molar-refractivity contribution in [3.63, 3.8) is 0 Å². The molecule has 2 rings (SSSR count). The zero-order valence-corrected chi connectivity index (χ0v) is 30.6. The van der Waals surface area contributed by atoms with E-state index in [0.29, 0.717) is 0 Å². The van der Waals surface area contributed by atoms with Crippen molar-refractivity contribution in [2.45, 2.75) is 105 Å². The molecule has 0 aliphatic heterocycles. The molecular formula is C25H51DyN4Si4. The number of aliphatic imine (C=N–C) groups is 1. The topological polar surface area (TPSA) is 54.7 Å². The molecule has 0 saturated carbocycles. The van der Waals surface area contributed by atoms with Crippen molar-refractivity contribution in [3.05, 3.63) is 45.3 Å². The molecule has 0 aliphatic rings. The Bertz CT molecular complexity index is 779. The normalized spacial score (nSPS) is 13.0. The van der Waals surface area contributed by atoms with Gasteiger partial charge in [0.2, 0.25) is 0 Å². The number of rotatable bonds is 5. The number of fused-ring (bicyclic) bond motifs is 1. The second-order valence-electron chi connectivity index (χ2n) is 13.6. The predicted molar refractivity (Wildman–Crippen MR) is 165 cm³/mol. The minimum absolute atomic E-state index is 0. The summed E-state index contributed by atoms with van der Waals surface area (Å²) < 4.78 is 9.64. The third-order valence-corrected chi connectivity index (χ3v) is 14.1. The van der Waals surface area contributed by atoms with Crippen LogP contribution in [0.4, 0.5) is 0 Å². The average molecular weight is 683 g/mol. The Morgan fingerprint density at radius 3 is 1.38 bits per heavy atom. The van der Waals surface area contributed by atoms with E-state index in [-0.39, 0.29) is 43.7 Å².